The lowest BCUT2D eigenvalue weighted by molar-refractivity contribution is -0.137. The molecule has 2 rings (SSSR count). The highest BCUT2D eigenvalue weighted by Crippen LogP contribution is 2.36. The molecule has 2 aromatic rings. The molecule has 1 N–H and O–H groups in total. The van der Waals surface area contributed by atoms with Crippen molar-refractivity contribution >= 4 is 50.5 Å². The van der Waals surface area contributed by atoms with Crippen LogP contribution in [-0.2, 0) is 21.0 Å². The number of halogens is 6. The summed E-state index contributed by atoms with van der Waals surface area (Å²) in [7, 11) is -4.17. The molecule has 0 bridgehead atoms. The van der Waals surface area contributed by atoms with Crippen molar-refractivity contribution in [3.8, 4) is 0 Å². The van der Waals surface area contributed by atoms with E-state index in [1.807, 2.05) is 0 Å². The Morgan fingerprint density at radius 3 is 2.29 bits per heavy atom. The van der Waals surface area contributed by atoms with E-state index >= 15 is 0 Å². The first kappa shape index (κ1) is 22.3. The number of nitrogens with one attached hydrogen (secondary N) is 1. The molecule has 0 aliphatic heterocycles. The van der Waals surface area contributed by atoms with Gasteiger partial charge in [-0.3, -0.25) is 9.10 Å². The standard InChI is InChI=1S/C16H12Cl2F4N2O3S/c1-28(26,27)24(14-6-9(16(20,21)22)2-4-11(14)17)8-15(25)23-10-3-5-13(19)12(18)7-10/h2-7H,8H2,1H3,(H,23,25). The number of amides is 1. The predicted molar refractivity (Wildman–Crippen MR) is 98.7 cm³/mol. The Balaban J connectivity index is 2.35. The minimum absolute atomic E-state index is 0.0694. The molecule has 0 saturated heterocycles. The summed E-state index contributed by atoms with van der Waals surface area (Å²) in [6, 6.07) is 5.36. The molecule has 0 heterocycles. The molecule has 0 saturated carbocycles. The molecule has 0 fully saturated rings. The maximum atomic E-state index is 13.2. The highest BCUT2D eigenvalue weighted by atomic mass is 35.5. The second-order valence-electron chi connectivity index (χ2n) is 5.61. The van der Waals surface area contributed by atoms with Crippen LogP contribution < -0.4 is 9.62 Å². The van der Waals surface area contributed by atoms with Gasteiger partial charge in [0.2, 0.25) is 15.9 Å². The van der Waals surface area contributed by atoms with Crippen molar-refractivity contribution in [2.45, 2.75) is 6.18 Å². The summed E-state index contributed by atoms with van der Waals surface area (Å²) in [6.07, 6.45) is -4.03. The molecular formula is C16H12Cl2F4N2O3S. The number of alkyl halides is 3. The van der Waals surface area contributed by atoms with E-state index in [2.05, 4.69) is 5.32 Å². The van der Waals surface area contributed by atoms with Crippen molar-refractivity contribution in [3.05, 3.63) is 57.8 Å². The van der Waals surface area contributed by atoms with Crippen molar-refractivity contribution in [2.24, 2.45) is 0 Å². The normalized spacial score (nSPS) is 12.0. The van der Waals surface area contributed by atoms with Crippen LogP contribution in [0.3, 0.4) is 0 Å². The molecule has 28 heavy (non-hydrogen) atoms. The molecule has 0 atom stereocenters. The minimum Gasteiger partial charge on any atom is -0.324 e. The maximum Gasteiger partial charge on any atom is 0.416 e. The van der Waals surface area contributed by atoms with Gasteiger partial charge in [0.1, 0.15) is 12.4 Å². The zero-order valence-corrected chi connectivity index (χ0v) is 16.3. The predicted octanol–water partition coefficient (Wildman–Crippen LogP) is 4.56. The third-order valence-corrected chi connectivity index (χ3v) is 5.17. The Labute approximate surface area is 167 Å². The van der Waals surface area contributed by atoms with E-state index < -0.39 is 45.7 Å². The summed E-state index contributed by atoms with van der Waals surface area (Å²) < 4.78 is 76.6. The lowest BCUT2D eigenvalue weighted by Crippen LogP contribution is -2.37. The van der Waals surface area contributed by atoms with E-state index in [4.69, 9.17) is 23.2 Å². The van der Waals surface area contributed by atoms with Crippen molar-refractivity contribution < 1.29 is 30.8 Å². The third-order valence-electron chi connectivity index (χ3n) is 3.43. The molecule has 0 spiro atoms. The Morgan fingerprint density at radius 2 is 1.75 bits per heavy atom. The summed E-state index contributed by atoms with van der Waals surface area (Å²) in [6.45, 7) is -0.866. The van der Waals surface area contributed by atoms with Gasteiger partial charge in [-0.05, 0) is 36.4 Å². The van der Waals surface area contributed by atoms with E-state index in [1.54, 1.807) is 0 Å². The number of rotatable bonds is 5. The van der Waals surface area contributed by atoms with Gasteiger partial charge in [-0.1, -0.05) is 23.2 Å². The molecule has 5 nitrogen and oxygen atoms in total. The topological polar surface area (TPSA) is 66.5 Å². The van der Waals surface area contributed by atoms with Crippen LogP contribution in [-0.4, -0.2) is 27.1 Å². The van der Waals surface area contributed by atoms with E-state index in [1.165, 1.54) is 6.07 Å². The Kier molecular flexibility index (Phi) is 6.47. The van der Waals surface area contributed by atoms with Crippen LogP contribution in [0.2, 0.25) is 10.0 Å². The van der Waals surface area contributed by atoms with E-state index in [9.17, 15) is 30.8 Å². The first-order chi connectivity index (χ1) is 12.8. The molecule has 0 aliphatic rings. The second kappa shape index (κ2) is 8.14. The Bertz CT molecular complexity index is 1010. The van der Waals surface area contributed by atoms with Gasteiger partial charge in [0.05, 0.1) is 27.6 Å². The zero-order chi connectivity index (χ0) is 21.3. The smallest absolute Gasteiger partial charge is 0.324 e. The van der Waals surface area contributed by atoms with Crippen LogP contribution in [0.25, 0.3) is 0 Å². The number of carbonyl (C=O) groups is 1. The maximum absolute atomic E-state index is 13.2. The summed E-state index contributed by atoms with van der Waals surface area (Å²) in [5.74, 6) is -1.63. The van der Waals surface area contributed by atoms with Crippen LogP contribution >= 0.6 is 23.2 Å². The van der Waals surface area contributed by atoms with Gasteiger partial charge in [0, 0.05) is 5.69 Å². The van der Waals surface area contributed by atoms with E-state index in [0.29, 0.717) is 22.7 Å². The fourth-order valence-electron chi connectivity index (χ4n) is 2.17. The van der Waals surface area contributed by atoms with Gasteiger partial charge in [-0.25, -0.2) is 12.8 Å². The van der Waals surface area contributed by atoms with Crippen LogP contribution in [0.15, 0.2) is 36.4 Å². The quantitative estimate of drug-likeness (QED) is 0.668. The number of benzene rings is 2. The molecule has 0 radical (unpaired) electrons. The van der Waals surface area contributed by atoms with E-state index in [-0.39, 0.29) is 15.7 Å². The van der Waals surface area contributed by atoms with Crippen molar-refractivity contribution in [2.75, 3.05) is 22.4 Å². The first-order valence-electron chi connectivity index (χ1n) is 7.38. The van der Waals surface area contributed by atoms with Gasteiger partial charge in [-0.2, -0.15) is 13.2 Å². The van der Waals surface area contributed by atoms with Crippen LogP contribution in [0.1, 0.15) is 5.56 Å². The van der Waals surface area contributed by atoms with Crippen LogP contribution in [0.4, 0.5) is 28.9 Å². The molecule has 0 aliphatic carbocycles. The van der Waals surface area contributed by atoms with Crippen molar-refractivity contribution in [3.63, 3.8) is 0 Å². The van der Waals surface area contributed by atoms with Gasteiger partial charge in [0.25, 0.3) is 0 Å². The number of anilines is 2. The fraction of sp³-hybridized carbons (Fsp3) is 0.188. The summed E-state index contributed by atoms with van der Waals surface area (Å²) in [4.78, 5) is 12.2. The highest BCUT2D eigenvalue weighted by molar-refractivity contribution is 7.92. The van der Waals surface area contributed by atoms with Gasteiger partial charge >= 0.3 is 6.18 Å². The van der Waals surface area contributed by atoms with Gasteiger partial charge in [-0.15, -0.1) is 0 Å². The van der Waals surface area contributed by atoms with E-state index in [0.717, 1.165) is 18.2 Å². The lowest BCUT2D eigenvalue weighted by atomic mass is 10.2. The average molecular weight is 459 g/mol. The van der Waals surface area contributed by atoms with Crippen LogP contribution in [0, 0.1) is 5.82 Å². The summed E-state index contributed by atoms with van der Waals surface area (Å²) in [5, 5.41) is 1.71. The Hall–Kier alpha value is -2.04. The lowest BCUT2D eigenvalue weighted by Gasteiger charge is -2.24. The number of hydrogen-bond acceptors (Lipinski definition) is 3. The molecule has 1 amide bonds. The first-order valence-corrected chi connectivity index (χ1v) is 9.99. The highest BCUT2D eigenvalue weighted by Gasteiger charge is 2.33. The number of sulfonamides is 1. The zero-order valence-electron chi connectivity index (χ0n) is 14.0. The van der Waals surface area contributed by atoms with Gasteiger partial charge in [0.15, 0.2) is 0 Å². The van der Waals surface area contributed by atoms with Gasteiger partial charge < -0.3 is 5.32 Å². The van der Waals surface area contributed by atoms with Crippen molar-refractivity contribution in [1.82, 2.24) is 0 Å². The molecule has 12 heteroatoms. The van der Waals surface area contributed by atoms with Crippen molar-refractivity contribution in [1.29, 1.82) is 0 Å². The minimum atomic E-state index is -4.74. The fourth-order valence-corrected chi connectivity index (χ4v) is 3.48. The van der Waals surface area contributed by atoms with Crippen LogP contribution in [0.5, 0.6) is 0 Å². The molecule has 2 aromatic carbocycles. The molecule has 152 valence electrons. The SMILES string of the molecule is CS(=O)(=O)N(CC(=O)Nc1ccc(F)c(Cl)c1)c1cc(C(F)(F)F)ccc1Cl. The average Bonchev–Trinajstić information content (AvgIpc) is 2.55. The molecule has 0 aromatic heterocycles. The number of carbonyl (C=O) groups excluding carboxylic acids is 1. The summed E-state index contributed by atoms with van der Waals surface area (Å²) >= 11 is 11.5. The number of nitrogens with zero attached hydrogens (tertiary/aromatic N) is 1. The Morgan fingerprint density at radius 1 is 1.11 bits per heavy atom. The third kappa shape index (κ3) is 5.49. The monoisotopic (exact) mass is 458 g/mol. The molecular weight excluding hydrogens is 447 g/mol. The summed E-state index contributed by atoms with van der Waals surface area (Å²) in [5.41, 5.74) is -1.57. The molecule has 0 unspecified atom stereocenters. The number of hydrogen-bond donors (Lipinski definition) is 1. The largest absolute Gasteiger partial charge is 0.416 e. The second-order valence-corrected chi connectivity index (χ2v) is 8.33.